The minimum Gasteiger partial charge on any atom is -0.330 e. The molecule has 1 heterocycles. The van der Waals surface area contributed by atoms with Crippen LogP contribution in [0.1, 0.15) is 44.0 Å². The van der Waals surface area contributed by atoms with Crippen molar-refractivity contribution < 1.29 is 0 Å². The summed E-state index contributed by atoms with van der Waals surface area (Å²) in [6.07, 6.45) is 6.48. The smallest absolute Gasteiger partial charge is 0.106 e. The van der Waals surface area contributed by atoms with Crippen molar-refractivity contribution in [1.82, 2.24) is 9.55 Å². The number of imidazole rings is 1. The van der Waals surface area contributed by atoms with Crippen LogP contribution in [0.4, 0.5) is 0 Å². The Labute approximate surface area is 114 Å². The van der Waals surface area contributed by atoms with Crippen molar-refractivity contribution in [2.24, 2.45) is 11.7 Å². The Bertz CT molecular complexity index is 558. The van der Waals surface area contributed by atoms with Crippen LogP contribution < -0.4 is 5.73 Å². The van der Waals surface area contributed by atoms with Crippen molar-refractivity contribution >= 4 is 11.0 Å². The van der Waals surface area contributed by atoms with E-state index in [1.54, 1.807) is 0 Å². The fraction of sp³-hybridized carbons (Fsp3) is 0.562. The molecule has 2 aromatic rings. The number of fused-ring (bicyclic) bond motifs is 1. The zero-order chi connectivity index (χ0) is 13.2. The molecule has 1 aliphatic carbocycles. The van der Waals surface area contributed by atoms with E-state index in [-0.39, 0.29) is 0 Å². The molecule has 2 atom stereocenters. The number of rotatable bonds is 2. The first-order valence-electron chi connectivity index (χ1n) is 7.45. The van der Waals surface area contributed by atoms with Crippen LogP contribution >= 0.6 is 0 Å². The molecule has 3 heteroatoms. The molecule has 2 unspecified atom stereocenters. The Morgan fingerprint density at radius 3 is 2.84 bits per heavy atom. The molecule has 102 valence electrons. The molecule has 0 amide bonds. The van der Waals surface area contributed by atoms with E-state index in [0.29, 0.717) is 12.0 Å². The van der Waals surface area contributed by atoms with E-state index in [4.69, 9.17) is 10.7 Å². The number of nitrogens with zero attached hydrogens (tertiary/aromatic N) is 2. The molecule has 0 radical (unpaired) electrons. The highest BCUT2D eigenvalue weighted by atomic mass is 15.1. The Hall–Kier alpha value is -1.35. The van der Waals surface area contributed by atoms with Crippen LogP contribution in [0.15, 0.2) is 24.3 Å². The number of aryl methyl sites for hydroxylation is 1. The summed E-state index contributed by atoms with van der Waals surface area (Å²) in [7, 11) is 0. The van der Waals surface area contributed by atoms with Gasteiger partial charge in [0.25, 0.3) is 0 Å². The van der Waals surface area contributed by atoms with Gasteiger partial charge in [-0.2, -0.15) is 0 Å². The van der Waals surface area contributed by atoms with Crippen LogP contribution in [0.2, 0.25) is 0 Å². The van der Waals surface area contributed by atoms with Gasteiger partial charge >= 0.3 is 0 Å². The average Bonchev–Trinajstić information content (AvgIpc) is 2.61. The highest BCUT2D eigenvalue weighted by Crippen LogP contribution is 2.35. The van der Waals surface area contributed by atoms with Crippen LogP contribution in [-0.2, 0) is 0 Å². The van der Waals surface area contributed by atoms with Gasteiger partial charge in [0.15, 0.2) is 0 Å². The fourth-order valence-corrected chi connectivity index (χ4v) is 3.56. The summed E-state index contributed by atoms with van der Waals surface area (Å²) in [6, 6.07) is 8.99. The van der Waals surface area contributed by atoms with Crippen molar-refractivity contribution in [3.05, 3.63) is 30.1 Å². The molecule has 0 aliphatic heterocycles. The summed E-state index contributed by atoms with van der Waals surface area (Å²) >= 11 is 0. The van der Waals surface area contributed by atoms with Gasteiger partial charge in [-0.3, -0.25) is 0 Å². The standard InChI is InChI=1S/C16H23N3/c1-12-18-14-8-5-6-10-16(14)19(12)15-9-4-2-3-7-13(15)11-17/h5-6,8,10,13,15H,2-4,7,9,11,17H2,1H3. The van der Waals surface area contributed by atoms with Gasteiger partial charge in [0.2, 0.25) is 0 Å². The summed E-state index contributed by atoms with van der Waals surface area (Å²) in [6.45, 7) is 2.91. The SMILES string of the molecule is Cc1nc2ccccc2n1C1CCCCCC1CN. The number of hydrogen-bond acceptors (Lipinski definition) is 2. The quantitative estimate of drug-likeness (QED) is 0.838. The van der Waals surface area contributed by atoms with Crippen molar-refractivity contribution in [1.29, 1.82) is 0 Å². The highest BCUT2D eigenvalue weighted by Gasteiger charge is 2.26. The molecular weight excluding hydrogens is 234 g/mol. The number of hydrogen-bond donors (Lipinski definition) is 1. The first kappa shape index (κ1) is 12.7. The van der Waals surface area contributed by atoms with Crippen molar-refractivity contribution in [2.75, 3.05) is 6.54 Å². The number of aromatic nitrogens is 2. The van der Waals surface area contributed by atoms with E-state index >= 15 is 0 Å². The molecule has 1 saturated carbocycles. The molecule has 3 nitrogen and oxygen atoms in total. The Kier molecular flexibility index (Phi) is 3.56. The van der Waals surface area contributed by atoms with Crippen LogP contribution in [0.25, 0.3) is 11.0 Å². The third-order valence-electron chi connectivity index (χ3n) is 4.53. The minimum atomic E-state index is 0.528. The second kappa shape index (κ2) is 5.33. The zero-order valence-corrected chi connectivity index (χ0v) is 11.7. The normalized spacial score (nSPS) is 24.5. The lowest BCUT2D eigenvalue weighted by Gasteiger charge is -2.27. The zero-order valence-electron chi connectivity index (χ0n) is 11.7. The summed E-state index contributed by atoms with van der Waals surface area (Å²) in [4.78, 5) is 4.71. The van der Waals surface area contributed by atoms with Crippen molar-refractivity contribution in [2.45, 2.75) is 45.1 Å². The van der Waals surface area contributed by atoms with Crippen LogP contribution in [0.3, 0.4) is 0 Å². The fourth-order valence-electron chi connectivity index (χ4n) is 3.56. The van der Waals surface area contributed by atoms with Crippen LogP contribution in [-0.4, -0.2) is 16.1 Å². The molecule has 1 aromatic heterocycles. The maximum absolute atomic E-state index is 6.03. The first-order valence-corrected chi connectivity index (χ1v) is 7.45. The van der Waals surface area contributed by atoms with Crippen molar-refractivity contribution in [3.63, 3.8) is 0 Å². The molecular formula is C16H23N3. The van der Waals surface area contributed by atoms with Gasteiger partial charge in [0.1, 0.15) is 5.82 Å². The number of nitrogens with two attached hydrogens (primary N) is 1. The maximum atomic E-state index is 6.03. The lowest BCUT2D eigenvalue weighted by molar-refractivity contribution is 0.319. The Morgan fingerprint density at radius 2 is 2.00 bits per heavy atom. The summed E-state index contributed by atoms with van der Waals surface area (Å²) in [5.41, 5.74) is 8.41. The Morgan fingerprint density at radius 1 is 1.21 bits per heavy atom. The molecule has 1 aliphatic rings. The largest absolute Gasteiger partial charge is 0.330 e. The average molecular weight is 257 g/mol. The van der Waals surface area contributed by atoms with Gasteiger partial charge in [-0.25, -0.2) is 4.98 Å². The maximum Gasteiger partial charge on any atom is 0.106 e. The topological polar surface area (TPSA) is 43.8 Å². The molecule has 2 N–H and O–H groups in total. The molecule has 1 fully saturated rings. The first-order chi connectivity index (χ1) is 9.31. The Balaban J connectivity index is 2.08. The van der Waals surface area contributed by atoms with Crippen LogP contribution in [0, 0.1) is 12.8 Å². The third kappa shape index (κ3) is 2.27. The molecule has 3 rings (SSSR count). The van der Waals surface area contributed by atoms with E-state index in [1.807, 2.05) is 0 Å². The van der Waals surface area contributed by atoms with E-state index in [9.17, 15) is 0 Å². The van der Waals surface area contributed by atoms with E-state index in [0.717, 1.165) is 17.9 Å². The van der Waals surface area contributed by atoms with E-state index in [1.165, 1.54) is 37.6 Å². The molecule has 0 saturated heterocycles. The van der Waals surface area contributed by atoms with Gasteiger partial charge in [0, 0.05) is 6.04 Å². The molecule has 1 aromatic carbocycles. The van der Waals surface area contributed by atoms with Gasteiger partial charge in [0.05, 0.1) is 11.0 Å². The molecule has 19 heavy (non-hydrogen) atoms. The second-order valence-electron chi connectivity index (χ2n) is 5.72. The number of benzene rings is 1. The van der Waals surface area contributed by atoms with Crippen LogP contribution in [0.5, 0.6) is 0 Å². The summed E-state index contributed by atoms with van der Waals surface area (Å²) in [5.74, 6) is 1.73. The lowest BCUT2D eigenvalue weighted by atomic mass is 9.94. The van der Waals surface area contributed by atoms with E-state index in [2.05, 4.69) is 35.8 Å². The van der Waals surface area contributed by atoms with E-state index < -0.39 is 0 Å². The van der Waals surface area contributed by atoms with Gasteiger partial charge in [-0.15, -0.1) is 0 Å². The monoisotopic (exact) mass is 257 g/mol. The second-order valence-corrected chi connectivity index (χ2v) is 5.72. The lowest BCUT2D eigenvalue weighted by Crippen LogP contribution is -2.26. The van der Waals surface area contributed by atoms with Gasteiger partial charge in [-0.05, 0) is 44.4 Å². The summed E-state index contributed by atoms with van der Waals surface area (Å²) < 4.78 is 2.44. The predicted octanol–water partition coefficient (Wildman–Crippen LogP) is 3.42. The molecule has 0 bridgehead atoms. The predicted molar refractivity (Wildman–Crippen MR) is 79.1 cm³/mol. The van der Waals surface area contributed by atoms with Gasteiger partial charge < -0.3 is 10.3 Å². The third-order valence-corrected chi connectivity index (χ3v) is 4.53. The minimum absolute atomic E-state index is 0.528. The van der Waals surface area contributed by atoms with Gasteiger partial charge in [-0.1, -0.05) is 31.4 Å². The molecule has 0 spiro atoms. The highest BCUT2D eigenvalue weighted by molar-refractivity contribution is 5.76. The number of para-hydroxylation sites is 2. The van der Waals surface area contributed by atoms with Crippen molar-refractivity contribution in [3.8, 4) is 0 Å². The summed E-state index contributed by atoms with van der Waals surface area (Å²) in [5, 5.41) is 0.